The molecular weight excluding hydrogens is 279 g/mol. The van der Waals surface area contributed by atoms with Crippen LogP contribution in [0.2, 0.25) is 5.02 Å². The first-order valence-electron chi connectivity index (χ1n) is 5.99. The van der Waals surface area contributed by atoms with E-state index in [1.165, 1.54) is 6.07 Å². The van der Waals surface area contributed by atoms with Crippen LogP contribution >= 0.6 is 11.6 Å². The van der Waals surface area contributed by atoms with Crippen LogP contribution in [0.15, 0.2) is 42.5 Å². The molecule has 1 N–H and O–H groups in total. The van der Waals surface area contributed by atoms with E-state index in [1.807, 2.05) is 24.3 Å². The molecular formula is C14H10ClFN4. The standard InChI is InChI=1S/C14H10ClFN4/c15-10-7-9(5-6-11(10)16)8-17-14-18-12-3-1-2-4-13(12)19-20-14/h1-7H,8H2,(H,17,18,20). The highest BCUT2D eigenvalue weighted by molar-refractivity contribution is 6.30. The molecule has 0 saturated heterocycles. The van der Waals surface area contributed by atoms with Crippen molar-refractivity contribution in [3.8, 4) is 0 Å². The van der Waals surface area contributed by atoms with Crippen LogP contribution in [0.1, 0.15) is 5.56 Å². The molecule has 3 aromatic rings. The third-order valence-corrected chi connectivity index (χ3v) is 3.08. The van der Waals surface area contributed by atoms with E-state index in [-0.39, 0.29) is 5.02 Å². The second kappa shape index (κ2) is 5.38. The van der Waals surface area contributed by atoms with Gasteiger partial charge < -0.3 is 5.32 Å². The van der Waals surface area contributed by atoms with Gasteiger partial charge in [0, 0.05) is 6.54 Å². The van der Waals surface area contributed by atoms with Crippen molar-refractivity contribution in [1.29, 1.82) is 0 Å². The van der Waals surface area contributed by atoms with Gasteiger partial charge in [-0.3, -0.25) is 0 Å². The number of benzene rings is 2. The number of nitrogens with zero attached hydrogens (tertiary/aromatic N) is 3. The number of nitrogens with one attached hydrogen (secondary N) is 1. The fraction of sp³-hybridized carbons (Fsp3) is 0.0714. The van der Waals surface area contributed by atoms with Gasteiger partial charge in [0.25, 0.3) is 0 Å². The van der Waals surface area contributed by atoms with Gasteiger partial charge in [-0.2, -0.15) is 0 Å². The molecule has 0 radical (unpaired) electrons. The summed E-state index contributed by atoms with van der Waals surface area (Å²) in [7, 11) is 0. The number of fused-ring (bicyclic) bond motifs is 1. The Morgan fingerprint density at radius 2 is 1.85 bits per heavy atom. The largest absolute Gasteiger partial charge is 0.349 e. The Hall–Kier alpha value is -2.27. The molecule has 2 aromatic carbocycles. The van der Waals surface area contributed by atoms with Gasteiger partial charge in [0.05, 0.1) is 10.5 Å². The quantitative estimate of drug-likeness (QED) is 0.802. The molecule has 6 heteroatoms. The van der Waals surface area contributed by atoms with Gasteiger partial charge in [-0.1, -0.05) is 29.8 Å². The van der Waals surface area contributed by atoms with Crippen LogP contribution in [-0.4, -0.2) is 15.2 Å². The normalized spacial score (nSPS) is 10.7. The first kappa shape index (κ1) is 12.7. The van der Waals surface area contributed by atoms with Gasteiger partial charge in [-0.05, 0) is 29.8 Å². The van der Waals surface area contributed by atoms with Crippen molar-refractivity contribution < 1.29 is 4.39 Å². The van der Waals surface area contributed by atoms with Crippen LogP contribution in [0.5, 0.6) is 0 Å². The third-order valence-electron chi connectivity index (χ3n) is 2.80. The van der Waals surface area contributed by atoms with E-state index in [0.717, 1.165) is 16.6 Å². The predicted octanol–water partition coefficient (Wildman–Crippen LogP) is 3.43. The summed E-state index contributed by atoms with van der Waals surface area (Å²) in [6, 6.07) is 12.0. The zero-order valence-electron chi connectivity index (χ0n) is 10.3. The Kier molecular flexibility index (Phi) is 3.43. The van der Waals surface area contributed by atoms with Crippen LogP contribution in [-0.2, 0) is 6.54 Å². The van der Waals surface area contributed by atoms with Gasteiger partial charge in [-0.15, -0.1) is 10.2 Å². The Morgan fingerprint density at radius 3 is 2.65 bits per heavy atom. The molecule has 0 aliphatic carbocycles. The number of rotatable bonds is 3. The van der Waals surface area contributed by atoms with Crippen molar-refractivity contribution in [3.05, 3.63) is 58.9 Å². The molecule has 0 atom stereocenters. The molecule has 1 aromatic heterocycles. The molecule has 0 aliphatic rings. The molecule has 0 saturated carbocycles. The minimum Gasteiger partial charge on any atom is -0.349 e. The van der Waals surface area contributed by atoms with Crippen molar-refractivity contribution in [2.24, 2.45) is 0 Å². The van der Waals surface area contributed by atoms with E-state index in [9.17, 15) is 4.39 Å². The van der Waals surface area contributed by atoms with Crippen LogP contribution < -0.4 is 5.32 Å². The average molecular weight is 289 g/mol. The molecule has 0 amide bonds. The fourth-order valence-electron chi connectivity index (χ4n) is 1.79. The lowest BCUT2D eigenvalue weighted by Gasteiger charge is -2.05. The molecule has 0 spiro atoms. The Labute approximate surface area is 119 Å². The number of halogens is 2. The number of hydrogen-bond donors (Lipinski definition) is 1. The topological polar surface area (TPSA) is 50.7 Å². The van der Waals surface area contributed by atoms with Gasteiger partial charge in [0.2, 0.25) is 5.95 Å². The molecule has 100 valence electrons. The van der Waals surface area contributed by atoms with Crippen LogP contribution in [0.3, 0.4) is 0 Å². The summed E-state index contributed by atoms with van der Waals surface area (Å²) in [5.41, 5.74) is 2.35. The summed E-state index contributed by atoms with van der Waals surface area (Å²) in [4.78, 5) is 4.34. The molecule has 1 heterocycles. The van der Waals surface area contributed by atoms with Crippen LogP contribution in [0.4, 0.5) is 10.3 Å². The first-order valence-corrected chi connectivity index (χ1v) is 6.37. The molecule has 0 aliphatic heterocycles. The lowest BCUT2D eigenvalue weighted by atomic mass is 10.2. The number of aromatic nitrogens is 3. The summed E-state index contributed by atoms with van der Waals surface area (Å²) >= 11 is 5.73. The predicted molar refractivity (Wildman–Crippen MR) is 76.1 cm³/mol. The lowest BCUT2D eigenvalue weighted by molar-refractivity contribution is 0.627. The second-order valence-electron chi connectivity index (χ2n) is 4.23. The summed E-state index contributed by atoms with van der Waals surface area (Å²) in [5.74, 6) is -0.0109. The summed E-state index contributed by atoms with van der Waals surface area (Å²) < 4.78 is 13.0. The van der Waals surface area contributed by atoms with E-state index in [1.54, 1.807) is 12.1 Å². The zero-order valence-corrected chi connectivity index (χ0v) is 11.1. The maximum atomic E-state index is 13.0. The Morgan fingerprint density at radius 1 is 1.05 bits per heavy atom. The lowest BCUT2D eigenvalue weighted by Crippen LogP contribution is -2.05. The van der Waals surface area contributed by atoms with Crippen molar-refractivity contribution >= 4 is 28.6 Å². The van der Waals surface area contributed by atoms with Crippen LogP contribution in [0.25, 0.3) is 11.0 Å². The molecule has 20 heavy (non-hydrogen) atoms. The second-order valence-corrected chi connectivity index (χ2v) is 4.63. The Bertz CT molecular complexity index is 763. The molecule has 0 fully saturated rings. The van der Waals surface area contributed by atoms with Gasteiger partial charge in [0.15, 0.2) is 0 Å². The van der Waals surface area contributed by atoms with E-state index < -0.39 is 5.82 Å². The molecule has 0 bridgehead atoms. The van der Waals surface area contributed by atoms with Crippen LogP contribution in [0, 0.1) is 5.82 Å². The van der Waals surface area contributed by atoms with Crippen molar-refractivity contribution in [1.82, 2.24) is 15.2 Å². The van der Waals surface area contributed by atoms with Gasteiger partial charge in [0.1, 0.15) is 11.3 Å². The molecule has 3 rings (SSSR count). The summed E-state index contributed by atoms with van der Waals surface area (Å²) in [5, 5.41) is 11.2. The van der Waals surface area contributed by atoms with Crippen molar-refractivity contribution in [2.75, 3.05) is 5.32 Å². The minimum atomic E-state index is -0.431. The highest BCUT2D eigenvalue weighted by Gasteiger charge is 2.03. The van der Waals surface area contributed by atoms with Gasteiger partial charge in [-0.25, -0.2) is 9.37 Å². The fourth-order valence-corrected chi connectivity index (χ4v) is 1.99. The first-order chi connectivity index (χ1) is 9.72. The SMILES string of the molecule is Fc1ccc(CNc2nnc3ccccc3n2)cc1Cl. The highest BCUT2D eigenvalue weighted by atomic mass is 35.5. The van der Waals surface area contributed by atoms with E-state index in [4.69, 9.17) is 11.6 Å². The smallest absolute Gasteiger partial charge is 0.243 e. The summed E-state index contributed by atoms with van der Waals surface area (Å²) in [6.45, 7) is 0.444. The van der Waals surface area contributed by atoms with Gasteiger partial charge >= 0.3 is 0 Å². The monoisotopic (exact) mass is 288 g/mol. The molecule has 0 unspecified atom stereocenters. The Balaban J connectivity index is 1.77. The number of para-hydroxylation sites is 1. The summed E-state index contributed by atoms with van der Waals surface area (Å²) in [6.07, 6.45) is 0. The number of anilines is 1. The average Bonchev–Trinajstić information content (AvgIpc) is 2.48. The van der Waals surface area contributed by atoms with Crippen molar-refractivity contribution in [3.63, 3.8) is 0 Å². The highest BCUT2D eigenvalue weighted by Crippen LogP contribution is 2.17. The minimum absolute atomic E-state index is 0.0989. The third kappa shape index (κ3) is 2.67. The van der Waals surface area contributed by atoms with E-state index in [0.29, 0.717) is 12.5 Å². The molecule has 4 nitrogen and oxygen atoms in total. The van der Waals surface area contributed by atoms with E-state index in [2.05, 4.69) is 20.5 Å². The van der Waals surface area contributed by atoms with E-state index >= 15 is 0 Å². The maximum Gasteiger partial charge on any atom is 0.243 e. The zero-order chi connectivity index (χ0) is 13.9. The van der Waals surface area contributed by atoms with Crippen molar-refractivity contribution in [2.45, 2.75) is 6.54 Å². The maximum absolute atomic E-state index is 13.0. The number of hydrogen-bond acceptors (Lipinski definition) is 4.